The van der Waals surface area contributed by atoms with Gasteiger partial charge in [-0.05, 0) is 51.4 Å². The van der Waals surface area contributed by atoms with Crippen molar-refractivity contribution in [2.75, 3.05) is 13.2 Å². The molecule has 0 amide bonds. The van der Waals surface area contributed by atoms with E-state index >= 15 is 0 Å². The Hall–Kier alpha value is -2.37. The molecule has 0 aliphatic carbocycles. The van der Waals surface area contributed by atoms with Gasteiger partial charge in [-0.15, -0.1) is 0 Å². The Kier molecular flexibility index (Phi) is 50.3. The summed E-state index contributed by atoms with van der Waals surface area (Å²) in [6.45, 7) is 6.52. The van der Waals surface area contributed by atoms with Gasteiger partial charge >= 0.3 is 17.9 Å². The number of hydrogen-bond acceptors (Lipinski definition) is 6. The highest BCUT2D eigenvalue weighted by atomic mass is 16.6. The standard InChI is InChI=1S/C57H104O6/c1-4-7-10-13-16-19-22-24-25-26-27-28-29-30-31-32-34-35-38-41-44-47-50-56(59)62-53-54(52-61-55(58)49-46-43-40-37-21-18-15-12-9-6-3)63-57(60)51-48-45-42-39-36-33-23-20-17-14-11-8-5-2/h8,11,17,20,33,36,54H,4-7,9-10,12-16,18-19,21-32,34-35,37-53H2,1-3H3/b11-8-,20-17-,36-33-. The lowest BCUT2D eigenvalue weighted by Crippen LogP contribution is -2.30. The molecule has 0 aromatic carbocycles. The summed E-state index contributed by atoms with van der Waals surface area (Å²) in [5.41, 5.74) is 0. The summed E-state index contributed by atoms with van der Waals surface area (Å²) in [7, 11) is 0. The zero-order chi connectivity index (χ0) is 45.8. The summed E-state index contributed by atoms with van der Waals surface area (Å²) in [5, 5.41) is 0. The van der Waals surface area contributed by atoms with E-state index in [1.807, 2.05) is 0 Å². The molecule has 0 saturated carbocycles. The van der Waals surface area contributed by atoms with Crippen LogP contribution in [-0.4, -0.2) is 37.2 Å². The van der Waals surface area contributed by atoms with Crippen LogP contribution >= 0.6 is 0 Å². The van der Waals surface area contributed by atoms with Crippen LogP contribution in [0.1, 0.15) is 290 Å². The van der Waals surface area contributed by atoms with Crippen LogP contribution in [0.2, 0.25) is 0 Å². The van der Waals surface area contributed by atoms with Gasteiger partial charge in [0.2, 0.25) is 0 Å². The Morgan fingerprint density at radius 3 is 0.968 bits per heavy atom. The average Bonchev–Trinajstić information content (AvgIpc) is 3.28. The maximum absolute atomic E-state index is 12.8. The van der Waals surface area contributed by atoms with Crippen molar-refractivity contribution < 1.29 is 28.6 Å². The largest absolute Gasteiger partial charge is 0.462 e. The maximum Gasteiger partial charge on any atom is 0.306 e. The van der Waals surface area contributed by atoms with Crippen LogP contribution in [0.15, 0.2) is 36.5 Å². The van der Waals surface area contributed by atoms with Crippen molar-refractivity contribution >= 4 is 17.9 Å². The van der Waals surface area contributed by atoms with Gasteiger partial charge in [-0.2, -0.15) is 0 Å². The number of hydrogen-bond donors (Lipinski definition) is 0. The smallest absolute Gasteiger partial charge is 0.306 e. The molecule has 0 bridgehead atoms. The SMILES string of the molecule is CC/C=C\C/C=C\C/C=C\CCCCCC(=O)OC(COC(=O)CCCCCCCCCCCC)COC(=O)CCCCCCCCCCCCCCCCCCCCCCCC. The predicted molar refractivity (Wildman–Crippen MR) is 270 cm³/mol. The van der Waals surface area contributed by atoms with Gasteiger partial charge < -0.3 is 14.2 Å². The molecule has 0 heterocycles. The van der Waals surface area contributed by atoms with Crippen LogP contribution in [0.4, 0.5) is 0 Å². The lowest BCUT2D eigenvalue weighted by molar-refractivity contribution is -0.167. The fraction of sp³-hybridized carbons (Fsp3) is 0.842. The third kappa shape index (κ3) is 50.5. The second-order valence-corrected chi connectivity index (χ2v) is 18.5. The first-order valence-corrected chi connectivity index (χ1v) is 27.5. The van der Waals surface area contributed by atoms with Gasteiger partial charge in [0.15, 0.2) is 6.10 Å². The number of ether oxygens (including phenoxy) is 3. The molecule has 0 saturated heterocycles. The second kappa shape index (κ2) is 52.3. The molecule has 0 aliphatic rings. The molecule has 0 radical (unpaired) electrons. The molecule has 368 valence electrons. The molecule has 0 fully saturated rings. The van der Waals surface area contributed by atoms with E-state index in [1.54, 1.807) is 0 Å². The van der Waals surface area contributed by atoms with E-state index in [2.05, 4.69) is 57.2 Å². The number of unbranched alkanes of at least 4 members (excludes halogenated alkanes) is 33. The first-order valence-electron chi connectivity index (χ1n) is 27.5. The molecule has 1 unspecified atom stereocenters. The van der Waals surface area contributed by atoms with Crippen LogP contribution in [0.3, 0.4) is 0 Å². The van der Waals surface area contributed by atoms with Gasteiger partial charge in [0, 0.05) is 19.3 Å². The van der Waals surface area contributed by atoms with E-state index in [4.69, 9.17) is 14.2 Å². The number of allylic oxidation sites excluding steroid dienone is 6. The summed E-state index contributed by atoms with van der Waals surface area (Å²) in [4.78, 5) is 37.9. The molecule has 0 rings (SSSR count). The molecule has 0 aromatic heterocycles. The van der Waals surface area contributed by atoms with Gasteiger partial charge in [0.25, 0.3) is 0 Å². The number of carbonyl (C=O) groups is 3. The van der Waals surface area contributed by atoms with E-state index in [0.29, 0.717) is 19.3 Å². The predicted octanol–water partition coefficient (Wildman–Crippen LogP) is 18.1. The van der Waals surface area contributed by atoms with Gasteiger partial charge in [0.1, 0.15) is 13.2 Å². The lowest BCUT2D eigenvalue weighted by atomic mass is 10.0. The Morgan fingerprint density at radius 1 is 0.333 bits per heavy atom. The van der Waals surface area contributed by atoms with Gasteiger partial charge in [-0.1, -0.05) is 256 Å². The van der Waals surface area contributed by atoms with E-state index in [9.17, 15) is 14.4 Å². The fourth-order valence-electron chi connectivity index (χ4n) is 8.05. The van der Waals surface area contributed by atoms with E-state index in [1.165, 1.54) is 167 Å². The molecular formula is C57H104O6. The molecule has 63 heavy (non-hydrogen) atoms. The number of rotatable bonds is 50. The van der Waals surface area contributed by atoms with E-state index < -0.39 is 6.10 Å². The van der Waals surface area contributed by atoms with Crippen LogP contribution in [0.5, 0.6) is 0 Å². The van der Waals surface area contributed by atoms with Gasteiger partial charge in [-0.3, -0.25) is 14.4 Å². The highest BCUT2D eigenvalue weighted by molar-refractivity contribution is 5.71. The Bertz CT molecular complexity index is 1060. The molecule has 6 nitrogen and oxygen atoms in total. The summed E-state index contributed by atoms with van der Waals surface area (Å²) >= 11 is 0. The number of carbonyl (C=O) groups excluding carboxylic acids is 3. The first-order chi connectivity index (χ1) is 31.0. The fourth-order valence-corrected chi connectivity index (χ4v) is 8.05. The monoisotopic (exact) mass is 885 g/mol. The van der Waals surface area contributed by atoms with Gasteiger partial charge in [-0.25, -0.2) is 0 Å². The molecule has 6 heteroatoms. The van der Waals surface area contributed by atoms with Crippen molar-refractivity contribution in [1.82, 2.24) is 0 Å². The van der Waals surface area contributed by atoms with Gasteiger partial charge in [0.05, 0.1) is 0 Å². The highest BCUT2D eigenvalue weighted by Crippen LogP contribution is 2.17. The zero-order valence-corrected chi connectivity index (χ0v) is 42.1. The van der Waals surface area contributed by atoms with Crippen molar-refractivity contribution in [2.24, 2.45) is 0 Å². The van der Waals surface area contributed by atoms with Crippen LogP contribution in [-0.2, 0) is 28.6 Å². The topological polar surface area (TPSA) is 78.9 Å². The van der Waals surface area contributed by atoms with Crippen LogP contribution in [0, 0.1) is 0 Å². The normalized spacial score (nSPS) is 12.2. The van der Waals surface area contributed by atoms with E-state index in [-0.39, 0.29) is 31.1 Å². The minimum atomic E-state index is -0.781. The Morgan fingerprint density at radius 2 is 0.619 bits per heavy atom. The van der Waals surface area contributed by atoms with Crippen LogP contribution in [0.25, 0.3) is 0 Å². The number of esters is 3. The third-order valence-electron chi connectivity index (χ3n) is 12.2. The maximum atomic E-state index is 12.8. The van der Waals surface area contributed by atoms with E-state index in [0.717, 1.165) is 83.5 Å². The van der Waals surface area contributed by atoms with Crippen molar-refractivity contribution in [3.05, 3.63) is 36.5 Å². The molecular weight excluding hydrogens is 781 g/mol. The third-order valence-corrected chi connectivity index (χ3v) is 12.2. The van der Waals surface area contributed by atoms with Crippen molar-refractivity contribution in [2.45, 2.75) is 297 Å². The second-order valence-electron chi connectivity index (χ2n) is 18.5. The lowest BCUT2D eigenvalue weighted by Gasteiger charge is -2.18. The minimum Gasteiger partial charge on any atom is -0.462 e. The summed E-state index contributed by atoms with van der Waals surface area (Å²) in [6, 6.07) is 0. The molecule has 0 aromatic rings. The Labute approximate surface area is 391 Å². The molecule has 0 spiro atoms. The molecule has 0 N–H and O–H groups in total. The van der Waals surface area contributed by atoms with Crippen molar-refractivity contribution in [3.8, 4) is 0 Å². The zero-order valence-electron chi connectivity index (χ0n) is 42.1. The minimum absolute atomic E-state index is 0.0798. The highest BCUT2D eigenvalue weighted by Gasteiger charge is 2.19. The molecule has 1 atom stereocenters. The van der Waals surface area contributed by atoms with Crippen molar-refractivity contribution in [1.29, 1.82) is 0 Å². The summed E-state index contributed by atoms with van der Waals surface area (Å²) in [5.74, 6) is -0.898. The summed E-state index contributed by atoms with van der Waals surface area (Å²) < 4.78 is 16.8. The quantitative estimate of drug-likeness (QED) is 0.0262. The van der Waals surface area contributed by atoms with Crippen LogP contribution < -0.4 is 0 Å². The average molecular weight is 885 g/mol. The van der Waals surface area contributed by atoms with Crippen molar-refractivity contribution in [3.63, 3.8) is 0 Å². The first kappa shape index (κ1) is 60.6. The summed E-state index contributed by atoms with van der Waals surface area (Å²) in [6.07, 6.45) is 61.5. The molecule has 0 aliphatic heterocycles. The Balaban J connectivity index is 4.22.